The second-order valence-electron chi connectivity index (χ2n) is 40.9. The molecule has 0 amide bonds. The number of hydrogen-bond donors (Lipinski definition) is 3. The van der Waals surface area contributed by atoms with E-state index in [1.165, 1.54) is 27.8 Å². The minimum atomic E-state index is -0.0422. The zero-order valence-corrected chi connectivity index (χ0v) is 91.8. The molecule has 147 heavy (non-hydrogen) atoms. The summed E-state index contributed by atoms with van der Waals surface area (Å²) in [7, 11) is 0. The molecule has 0 bridgehead atoms. The summed E-state index contributed by atoms with van der Waals surface area (Å²) in [5.41, 5.74) is 29.4. The molecule has 3 N–H and O–H groups in total. The van der Waals surface area contributed by atoms with Gasteiger partial charge in [-0.2, -0.15) is 0 Å². The Morgan fingerprint density at radius 1 is 0.252 bits per heavy atom. The van der Waals surface area contributed by atoms with Gasteiger partial charge in [0.1, 0.15) is 34.7 Å². The van der Waals surface area contributed by atoms with Crippen LogP contribution in [0, 0.1) is 24.1 Å². The van der Waals surface area contributed by atoms with Gasteiger partial charge in [-0.1, -0.05) is 345 Å². The summed E-state index contributed by atoms with van der Waals surface area (Å²) in [6.07, 6.45) is 6.35. The van der Waals surface area contributed by atoms with Gasteiger partial charge >= 0.3 is 0 Å². The van der Waals surface area contributed by atoms with E-state index < -0.39 is 0 Å². The number of pyridine rings is 6. The van der Waals surface area contributed by atoms with Gasteiger partial charge in [0, 0.05) is 115 Å². The van der Waals surface area contributed by atoms with Crippen molar-refractivity contribution in [3.8, 4) is 129 Å². The molecule has 0 aliphatic rings. The molecule has 0 atom stereocenters. The van der Waals surface area contributed by atoms with E-state index in [0.717, 1.165) is 153 Å². The van der Waals surface area contributed by atoms with Crippen molar-refractivity contribution in [2.24, 2.45) is 5.92 Å². The fourth-order valence-corrected chi connectivity index (χ4v) is 18.1. The van der Waals surface area contributed by atoms with E-state index in [4.69, 9.17) is 29.9 Å². The fraction of sp³-hybridized carbons (Fsp3) is 0.152. The molecule has 0 fully saturated rings. The summed E-state index contributed by atoms with van der Waals surface area (Å²) in [5, 5.41) is 34.9. The first-order valence-corrected chi connectivity index (χ1v) is 49.2. The Morgan fingerprint density at radius 3 is 0.884 bits per heavy atom. The molecule has 15 heteroatoms. The Morgan fingerprint density at radius 2 is 0.531 bits per heavy atom. The number of hydrogen-bond acceptors (Lipinski definition) is 12. The van der Waals surface area contributed by atoms with Gasteiger partial charge in [-0.05, 0) is 238 Å². The smallest absolute Gasteiger partial charge is 0.136 e. The number of anilines is 9. The Labute approximate surface area is 909 Å². The van der Waals surface area contributed by atoms with Crippen molar-refractivity contribution in [2.75, 3.05) is 14.7 Å². The second-order valence-corrected chi connectivity index (χ2v) is 40.9. The number of phenols is 3. The number of fused-ring (bicyclic) bond motifs is 1. The summed E-state index contributed by atoms with van der Waals surface area (Å²) in [5.74, 6) is 3.44. The second kappa shape index (κ2) is 46.7. The quantitative estimate of drug-likeness (QED) is 0.0588. The van der Waals surface area contributed by atoms with Gasteiger partial charge in [-0.3, -0.25) is 15.0 Å². The summed E-state index contributed by atoms with van der Waals surface area (Å²) in [6.45, 7) is 31.5. The number of nitrogens with zero attached hydrogens (tertiary/aromatic N) is 9. The molecule has 0 unspecified atom stereocenters. The molecule has 0 aliphatic heterocycles. The van der Waals surface area contributed by atoms with Crippen molar-refractivity contribution in [1.82, 2.24) is 29.9 Å². The minimum Gasteiger partial charge on any atom is -0.507 e. The van der Waals surface area contributed by atoms with Gasteiger partial charge in [0.2, 0.25) is 0 Å². The van der Waals surface area contributed by atoms with Crippen molar-refractivity contribution in [3.05, 3.63) is 471 Å². The molecule has 20 rings (SSSR count). The Hall–Kier alpha value is -14.9. The molecule has 0 aliphatic carbocycles. The van der Waals surface area contributed by atoms with Crippen molar-refractivity contribution in [3.63, 3.8) is 0 Å². The number of aromatic nitrogens is 6. The van der Waals surface area contributed by atoms with Crippen LogP contribution in [0.2, 0.25) is 0 Å². The third-order valence-corrected chi connectivity index (χ3v) is 25.7. The standard InChI is InChI=1S/C48H44N3O.C46H42N3O.C38H32N3O.3Pt/c1-47(2,3)37-27-35(28-38(32-37)48(4,5)6)36-30-42(50-43(31-36)41-22-11-13-24-45(41)52)34-19-16-20-39(29-34)51(46-25-14-15-26-49-46)44-23-12-10-21-40(44)33-17-8-7-9-18-33;1-45(2,3)35-25-33(26-36(30-35)46(4,5)6)34-28-40(48-41(29-34)39-20-9-10-22-43(39)50)32-17-13-18-37(27-32)49(44-23-11-12-24-47-44)42-21-14-16-31-15-7-8-19-38(31)42;1-27(2)23-28-24-34(40-35(25-28)33-18-7-9-20-37(33)42)30-15-12-16-31(26-30)41(38-21-10-11-22-39-38)36-19-8-6-17-32(36)29-13-4-3-5-14-29;;;/h7-28,30-32,52H,1-6H3;7-26,28-30,50H,1-6H3;3-22,24-25,27,42H,23H2,1-2H3;;;/q3*-1;;;. The first kappa shape index (κ1) is 106. The van der Waals surface area contributed by atoms with Crippen LogP contribution in [0.4, 0.5) is 51.6 Å². The maximum absolute atomic E-state index is 11.0. The van der Waals surface area contributed by atoms with Crippen LogP contribution in [0.3, 0.4) is 0 Å². The van der Waals surface area contributed by atoms with Crippen molar-refractivity contribution >= 4 is 62.4 Å². The van der Waals surface area contributed by atoms with Gasteiger partial charge in [-0.15, -0.1) is 89.5 Å². The monoisotopic (exact) mass is 2460 g/mol. The number of rotatable bonds is 21. The predicted octanol–water partition coefficient (Wildman–Crippen LogP) is 34.6. The molecule has 0 saturated heterocycles. The van der Waals surface area contributed by atoms with Crippen LogP contribution >= 0.6 is 0 Å². The van der Waals surface area contributed by atoms with Crippen molar-refractivity contribution in [1.29, 1.82) is 0 Å². The molecule has 0 saturated carbocycles. The zero-order valence-electron chi connectivity index (χ0n) is 85.0. The minimum absolute atomic E-state index is 0. The molecular weight excluding hydrogens is 2340 g/mol. The molecule has 12 nitrogen and oxygen atoms in total. The molecule has 0 spiro atoms. The average Bonchev–Trinajstić information content (AvgIpc) is 0.749. The van der Waals surface area contributed by atoms with Crippen LogP contribution in [0.5, 0.6) is 17.2 Å². The van der Waals surface area contributed by atoms with Crippen molar-refractivity contribution in [2.45, 2.75) is 125 Å². The zero-order chi connectivity index (χ0) is 100. The molecular formula is C132H118N9O3Pt3-3. The summed E-state index contributed by atoms with van der Waals surface area (Å²) in [4.78, 5) is 36.2. The molecule has 0 radical (unpaired) electrons. The van der Waals surface area contributed by atoms with Crippen LogP contribution in [0.25, 0.3) is 123 Å². The van der Waals surface area contributed by atoms with Gasteiger partial charge in [0.25, 0.3) is 0 Å². The summed E-state index contributed by atoms with van der Waals surface area (Å²) < 4.78 is 0. The van der Waals surface area contributed by atoms with Crippen molar-refractivity contribution < 1.29 is 78.5 Å². The number of benzene rings is 14. The van der Waals surface area contributed by atoms with E-state index in [9.17, 15) is 15.3 Å². The Bertz CT molecular complexity index is 7870. The van der Waals surface area contributed by atoms with Crippen LogP contribution in [0.1, 0.15) is 125 Å². The van der Waals surface area contributed by atoms with Crippen LogP contribution < -0.4 is 14.7 Å². The van der Waals surface area contributed by atoms with Crippen LogP contribution in [-0.4, -0.2) is 45.2 Å². The van der Waals surface area contributed by atoms with Crippen LogP contribution in [-0.2, 0) is 91.3 Å². The van der Waals surface area contributed by atoms with E-state index in [1.807, 2.05) is 164 Å². The predicted molar refractivity (Wildman–Crippen MR) is 597 cm³/mol. The molecule has 20 aromatic rings. The van der Waals surface area contributed by atoms with Crippen LogP contribution in [0.15, 0.2) is 425 Å². The first-order chi connectivity index (χ1) is 69.5. The number of phenolic OH excluding ortho intramolecular Hbond substituents is 3. The van der Waals surface area contributed by atoms with E-state index >= 15 is 0 Å². The maximum atomic E-state index is 11.0. The third kappa shape index (κ3) is 25.1. The third-order valence-electron chi connectivity index (χ3n) is 25.7. The van der Waals surface area contributed by atoms with E-state index in [1.54, 1.807) is 18.2 Å². The van der Waals surface area contributed by atoms with E-state index in [0.29, 0.717) is 34.0 Å². The topological polar surface area (TPSA) is 148 Å². The largest absolute Gasteiger partial charge is 0.507 e. The average molecular weight is 2460 g/mol. The Balaban J connectivity index is 0.000000165. The van der Waals surface area contributed by atoms with Gasteiger partial charge in [-0.25, -0.2) is 15.0 Å². The fourth-order valence-electron chi connectivity index (χ4n) is 18.1. The number of aromatic hydroxyl groups is 3. The van der Waals surface area contributed by atoms with Gasteiger partial charge < -0.3 is 30.0 Å². The SMILES string of the molecule is CC(C)(C)c1cc(-c2cc(-c3[c-]c(N(c4ccccn4)c4cccc5ccccc45)ccc3)nc(-c3ccccc3O)c2)cc(C(C)(C)C)c1.CC(C)(C)c1cc(-c2cc(-c3[c-]c(N(c4ccccn4)c4ccccc4-c4ccccc4)ccc3)nc(-c3ccccc3O)c2)cc(C(C)(C)C)c1.CC(C)Cc1cc(-c2[c-]c(N(c3ccccn3)c3ccccc3-c3ccccc3)ccc2)nc(-c2ccccc2O)c1.[Pt].[Pt].[Pt]. The molecule has 742 valence electrons. The summed E-state index contributed by atoms with van der Waals surface area (Å²) >= 11 is 0. The molecule has 6 aromatic heterocycles. The first-order valence-electron chi connectivity index (χ1n) is 49.2. The van der Waals surface area contributed by atoms with E-state index in [2.05, 4.69) is 372 Å². The van der Waals surface area contributed by atoms with E-state index in [-0.39, 0.29) is 102 Å². The van der Waals surface area contributed by atoms with Gasteiger partial charge in [0.15, 0.2) is 0 Å². The normalized spacial score (nSPS) is 11.3. The number of para-hydroxylation sites is 5. The molecule has 14 aromatic carbocycles. The maximum Gasteiger partial charge on any atom is 0.136 e. The Kier molecular flexibility index (Phi) is 33.8. The molecule has 6 heterocycles. The summed E-state index contributed by atoms with van der Waals surface area (Å²) in [6, 6.07) is 149. The van der Waals surface area contributed by atoms with Gasteiger partial charge in [0.05, 0.1) is 34.1 Å².